The highest BCUT2D eigenvalue weighted by molar-refractivity contribution is 5.96. The lowest BCUT2D eigenvalue weighted by Gasteiger charge is -2.28. The minimum Gasteiger partial charge on any atom is -0.493 e. The van der Waals surface area contributed by atoms with Gasteiger partial charge in [-0.2, -0.15) is 13.2 Å². The zero-order valence-electron chi connectivity index (χ0n) is 22.6. The molecule has 1 heterocycles. The van der Waals surface area contributed by atoms with Gasteiger partial charge >= 0.3 is 6.18 Å². The summed E-state index contributed by atoms with van der Waals surface area (Å²) in [6.45, 7) is 0.672. The van der Waals surface area contributed by atoms with Crippen LogP contribution in [-0.2, 0) is 12.7 Å². The Hall–Kier alpha value is -3.73. The van der Waals surface area contributed by atoms with E-state index in [9.17, 15) is 18.0 Å². The average Bonchev–Trinajstić information content (AvgIpc) is 2.88. The van der Waals surface area contributed by atoms with E-state index >= 15 is 0 Å². The number of pyridine rings is 1. The lowest BCUT2D eigenvalue weighted by atomic mass is 10.0. The standard InChI is InChI=1S/C27H33F3N4O4/c1-32(2)12-13-34(26(35)18-10-8-9-11-20(18)27(28,29)30)16-17-14-19-21(31-25(17)33(3)4)15-22(36-5)24(38-7)23(19)37-6/h8-11,14-15H,12-13,16H2,1-7H3. The van der Waals surface area contributed by atoms with Crippen LogP contribution in [0.4, 0.5) is 19.0 Å². The molecule has 0 N–H and O–H groups in total. The molecule has 0 fully saturated rings. The third-order valence-electron chi connectivity index (χ3n) is 6.03. The molecule has 0 saturated heterocycles. The molecule has 38 heavy (non-hydrogen) atoms. The van der Waals surface area contributed by atoms with Crippen molar-refractivity contribution in [3.05, 3.63) is 53.1 Å². The van der Waals surface area contributed by atoms with E-state index in [-0.39, 0.29) is 13.1 Å². The molecule has 0 bridgehead atoms. The zero-order chi connectivity index (χ0) is 28.2. The van der Waals surface area contributed by atoms with Gasteiger partial charge in [-0.3, -0.25) is 4.79 Å². The van der Waals surface area contributed by atoms with Crippen LogP contribution in [0.25, 0.3) is 10.9 Å². The summed E-state index contributed by atoms with van der Waals surface area (Å²) < 4.78 is 57.8. The van der Waals surface area contributed by atoms with Crippen LogP contribution in [0.2, 0.25) is 0 Å². The Morgan fingerprint density at radius 3 is 2.13 bits per heavy atom. The number of ether oxygens (including phenoxy) is 3. The van der Waals surface area contributed by atoms with Crippen molar-refractivity contribution < 1.29 is 32.2 Å². The van der Waals surface area contributed by atoms with Crippen molar-refractivity contribution >= 4 is 22.6 Å². The van der Waals surface area contributed by atoms with Crippen LogP contribution in [0.1, 0.15) is 21.5 Å². The van der Waals surface area contributed by atoms with Crippen LogP contribution in [0.15, 0.2) is 36.4 Å². The van der Waals surface area contributed by atoms with E-state index in [0.717, 1.165) is 6.07 Å². The number of hydrogen-bond acceptors (Lipinski definition) is 7. The number of nitrogens with zero attached hydrogens (tertiary/aromatic N) is 4. The number of amides is 1. The van der Waals surface area contributed by atoms with Crippen molar-refractivity contribution in [3.8, 4) is 17.2 Å². The number of methoxy groups -OCH3 is 3. The molecule has 3 rings (SSSR count). The van der Waals surface area contributed by atoms with E-state index in [4.69, 9.17) is 19.2 Å². The van der Waals surface area contributed by atoms with Gasteiger partial charge in [0.2, 0.25) is 5.75 Å². The van der Waals surface area contributed by atoms with Crippen LogP contribution in [0, 0.1) is 0 Å². The van der Waals surface area contributed by atoms with E-state index in [1.807, 2.05) is 25.1 Å². The molecule has 1 amide bonds. The average molecular weight is 535 g/mol. The fourth-order valence-corrected chi connectivity index (χ4v) is 4.19. The molecule has 0 atom stereocenters. The number of alkyl halides is 3. The number of anilines is 1. The molecule has 11 heteroatoms. The molecule has 0 radical (unpaired) electrons. The van der Waals surface area contributed by atoms with Crippen LogP contribution in [0.3, 0.4) is 0 Å². The minimum absolute atomic E-state index is 0.0207. The molecule has 3 aromatic rings. The predicted octanol–water partition coefficient (Wildman–Crippen LogP) is 4.55. The van der Waals surface area contributed by atoms with Crippen LogP contribution in [-0.4, -0.2) is 83.3 Å². The maximum atomic E-state index is 13.7. The third kappa shape index (κ3) is 6.04. The normalized spacial score (nSPS) is 11.6. The second-order valence-corrected chi connectivity index (χ2v) is 9.15. The second-order valence-electron chi connectivity index (χ2n) is 9.15. The van der Waals surface area contributed by atoms with Crippen LogP contribution >= 0.6 is 0 Å². The first-order valence-corrected chi connectivity index (χ1v) is 11.8. The molecule has 206 valence electrons. The number of fused-ring (bicyclic) bond motifs is 1. The number of hydrogen-bond donors (Lipinski definition) is 0. The summed E-state index contributed by atoms with van der Waals surface area (Å²) in [5.41, 5.74) is -0.170. The van der Waals surface area contributed by atoms with E-state index in [1.165, 1.54) is 44.4 Å². The number of likely N-dealkylation sites (N-methyl/N-ethyl adjacent to an activating group) is 1. The largest absolute Gasteiger partial charge is 0.493 e. The van der Waals surface area contributed by atoms with Gasteiger partial charge in [-0.05, 0) is 32.3 Å². The lowest BCUT2D eigenvalue weighted by Crippen LogP contribution is -2.37. The number of halogens is 3. The van der Waals surface area contributed by atoms with Crippen molar-refractivity contribution in [1.82, 2.24) is 14.8 Å². The minimum atomic E-state index is -4.66. The number of rotatable bonds is 10. The van der Waals surface area contributed by atoms with Gasteiger partial charge in [-0.1, -0.05) is 12.1 Å². The van der Waals surface area contributed by atoms with Gasteiger partial charge < -0.3 is 28.9 Å². The van der Waals surface area contributed by atoms with Gasteiger partial charge in [0.05, 0.1) is 38.0 Å². The first-order valence-electron chi connectivity index (χ1n) is 11.8. The highest BCUT2D eigenvalue weighted by Crippen LogP contribution is 2.44. The highest BCUT2D eigenvalue weighted by atomic mass is 19.4. The Labute approximate surface area is 220 Å². The predicted molar refractivity (Wildman–Crippen MR) is 140 cm³/mol. The number of carbonyl (C=O) groups excluding carboxylic acids is 1. The summed E-state index contributed by atoms with van der Waals surface area (Å²) in [7, 11) is 11.8. The Kier molecular flexibility index (Phi) is 8.93. The van der Waals surface area contributed by atoms with Gasteiger partial charge in [0, 0.05) is 50.7 Å². The monoisotopic (exact) mass is 534 g/mol. The summed E-state index contributed by atoms with van der Waals surface area (Å²) in [5, 5.41) is 0.612. The fraction of sp³-hybridized carbons (Fsp3) is 0.407. The van der Waals surface area contributed by atoms with Crippen molar-refractivity contribution in [2.75, 3.05) is 67.5 Å². The topological polar surface area (TPSA) is 67.4 Å². The van der Waals surface area contributed by atoms with E-state index in [2.05, 4.69) is 0 Å². The van der Waals surface area contributed by atoms with E-state index < -0.39 is 23.2 Å². The number of aromatic nitrogens is 1. The Morgan fingerprint density at radius 2 is 1.58 bits per heavy atom. The van der Waals surface area contributed by atoms with Crippen molar-refractivity contribution in [3.63, 3.8) is 0 Å². The molecule has 1 aromatic heterocycles. The van der Waals surface area contributed by atoms with Crippen LogP contribution < -0.4 is 19.1 Å². The number of carbonyl (C=O) groups is 1. The third-order valence-corrected chi connectivity index (χ3v) is 6.03. The zero-order valence-corrected chi connectivity index (χ0v) is 22.6. The quantitative estimate of drug-likeness (QED) is 0.378. The van der Waals surface area contributed by atoms with Gasteiger partial charge in [0.25, 0.3) is 5.91 Å². The first-order chi connectivity index (χ1) is 17.9. The molecular formula is C27H33F3N4O4. The highest BCUT2D eigenvalue weighted by Gasteiger charge is 2.36. The smallest absolute Gasteiger partial charge is 0.417 e. The van der Waals surface area contributed by atoms with Gasteiger partial charge in [-0.15, -0.1) is 0 Å². The molecule has 0 aliphatic carbocycles. The van der Waals surface area contributed by atoms with Gasteiger partial charge in [-0.25, -0.2) is 4.98 Å². The molecule has 0 aliphatic rings. The second kappa shape index (κ2) is 11.8. The molecule has 8 nitrogen and oxygen atoms in total. The Balaban J connectivity index is 2.18. The van der Waals surface area contributed by atoms with Crippen molar-refractivity contribution in [1.29, 1.82) is 0 Å². The summed E-state index contributed by atoms with van der Waals surface area (Å²) in [5.74, 6) is 1.05. The molecule has 0 aliphatic heterocycles. The summed E-state index contributed by atoms with van der Waals surface area (Å²) >= 11 is 0. The van der Waals surface area contributed by atoms with Gasteiger partial charge in [0.15, 0.2) is 11.5 Å². The maximum Gasteiger partial charge on any atom is 0.417 e. The molecule has 2 aromatic carbocycles. The molecule has 0 unspecified atom stereocenters. The molecule has 0 spiro atoms. The summed E-state index contributed by atoms with van der Waals surface area (Å²) in [6, 6.07) is 8.38. The van der Waals surface area contributed by atoms with Crippen LogP contribution in [0.5, 0.6) is 17.2 Å². The van der Waals surface area contributed by atoms with Crippen molar-refractivity contribution in [2.45, 2.75) is 12.7 Å². The molecular weight excluding hydrogens is 501 g/mol. The number of benzene rings is 2. The lowest BCUT2D eigenvalue weighted by molar-refractivity contribution is -0.138. The van der Waals surface area contributed by atoms with E-state index in [0.29, 0.717) is 46.1 Å². The Bertz CT molecular complexity index is 1300. The summed E-state index contributed by atoms with van der Waals surface area (Å²) in [6.07, 6.45) is -4.66. The Morgan fingerprint density at radius 1 is 0.921 bits per heavy atom. The van der Waals surface area contributed by atoms with Crippen molar-refractivity contribution in [2.24, 2.45) is 0 Å². The summed E-state index contributed by atoms with van der Waals surface area (Å²) in [4.78, 5) is 23.4. The maximum absolute atomic E-state index is 13.7. The van der Waals surface area contributed by atoms with Gasteiger partial charge in [0.1, 0.15) is 5.82 Å². The SMILES string of the molecule is COc1cc2nc(N(C)C)c(CN(CCN(C)C)C(=O)c3ccccc3C(F)(F)F)cc2c(OC)c1OC. The molecule has 0 saturated carbocycles. The first kappa shape index (κ1) is 28.8. The van der Waals surface area contributed by atoms with E-state index in [1.54, 1.807) is 25.1 Å². The fourth-order valence-electron chi connectivity index (χ4n) is 4.19.